The number of aromatic nitrogens is 1. The Hall–Kier alpha value is -0.890. The van der Waals surface area contributed by atoms with Crippen LogP contribution in [-0.4, -0.2) is 49.7 Å². The van der Waals surface area contributed by atoms with E-state index in [2.05, 4.69) is 33.2 Å². The summed E-state index contributed by atoms with van der Waals surface area (Å²) in [6.07, 6.45) is 4.49. The minimum atomic E-state index is 0. The van der Waals surface area contributed by atoms with Crippen molar-refractivity contribution < 1.29 is 4.74 Å². The molecule has 1 aromatic heterocycles. The van der Waals surface area contributed by atoms with Crippen LogP contribution in [0.1, 0.15) is 24.1 Å². The van der Waals surface area contributed by atoms with Crippen LogP contribution in [0.15, 0.2) is 23.3 Å². The molecule has 2 rings (SSSR count). The average Bonchev–Trinajstić information content (AvgIpc) is 3.30. The van der Waals surface area contributed by atoms with Crippen LogP contribution in [0.4, 0.5) is 0 Å². The van der Waals surface area contributed by atoms with E-state index in [0.29, 0.717) is 6.54 Å². The summed E-state index contributed by atoms with van der Waals surface area (Å²) in [6.45, 7) is 5.26. The molecule has 1 fully saturated rings. The fraction of sp³-hybridized carbons (Fsp3) is 0.625. The Morgan fingerprint density at radius 1 is 1.50 bits per heavy atom. The smallest absolute Gasteiger partial charge is 0.193 e. The van der Waals surface area contributed by atoms with E-state index in [1.54, 1.807) is 7.05 Å². The van der Waals surface area contributed by atoms with Crippen LogP contribution >= 0.6 is 24.0 Å². The van der Waals surface area contributed by atoms with Gasteiger partial charge in [-0.1, -0.05) is 6.07 Å². The van der Waals surface area contributed by atoms with Gasteiger partial charge >= 0.3 is 0 Å². The minimum absolute atomic E-state index is 0. The first kappa shape index (κ1) is 19.2. The predicted octanol–water partition coefficient (Wildman–Crippen LogP) is 2.44. The van der Waals surface area contributed by atoms with E-state index in [1.807, 2.05) is 19.3 Å². The summed E-state index contributed by atoms with van der Waals surface area (Å²) in [5.74, 6) is 1.69. The van der Waals surface area contributed by atoms with Crippen molar-refractivity contribution in [3.63, 3.8) is 0 Å². The molecule has 1 aromatic rings. The van der Waals surface area contributed by atoms with Crippen LogP contribution in [0.5, 0.6) is 0 Å². The Morgan fingerprint density at radius 2 is 2.27 bits per heavy atom. The van der Waals surface area contributed by atoms with E-state index in [9.17, 15) is 0 Å². The van der Waals surface area contributed by atoms with E-state index >= 15 is 0 Å². The molecule has 0 spiro atoms. The van der Waals surface area contributed by atoms with E-state index in [1.165, 1.54) is 18.4 Å². The van der Waals surface area contributed by atoms with Gasteiger partial charge in [0, 0.05) is 33.4 Å². The second kappa shape index (κ2) is 9.99. The molecule has 0 bridgehead atoms. The van der Waals surface area contributed by atoms with Gasteiger partial charge in [0.05, 0.1) is 18.8 Å². The van der Waals surface area contributed by atoms with Crippen LogP contribution in [0, 0.1) is 12.8 Å². The summed E-state index contributed by atoms with van der Waals surface area (Å²) in [5, 5.41) is 3.35. The third-order valence-electron chi connectivity index (χ3n) is 3.73. The van der Waals surface area contributed by atoms with E-state index in [-0.39, 0.29) is 24.0 Å². The Balaban J connectivity index is 0.00000242. The Labute approximate surface area is 150 Å². The van der Waals surface area contributed by atoms with Crippen LogP contribution in [-0.2, 0) is 11.3 Å². The first-order chi connectivity index (χ1) is 10.2. The number of hydrogen-bond acceptors (Lipinski definition) is 3. The van der Waals surface area contributed by atoms with Crippen LogP contribution < -0.4 is 5.32 Å². The number of aryl methyl sites for hydroxylation is 1. The molecule has 1 aliphatic carbocycles. The molecule has 0 radical (unpaired) electrons. The first-order valence-electron chi connectivity index (χ1n) is 7.60. The lowest BCUT2D eigenvalue weighted by Gasteiger charge is -2.22. The number of nitrogens with one attached hydrogen (secondary N) is 1. The topological polar surface area (TPSA) is 49.8 Å². The summed E-state index contributed by atoms with van der Waals surface area (Å²) < 4.78 is 5.67. The molecule has 0 amide bonds. The zero-order valence-corrected chi connectivity index (χ0v) is 16.0. The van der Waals surface area contributed by atoms with Crippen molar-refractivity contribution in [2.75, 3.05) is 33.9 Å². The highest BCUT2D eigenvalue weighted by Crippen LogP contribution is 2.28. The molecule has 0 aliphatic heterocycles. The molecule has 0 aromatic carbocycles. The molecule has 5 nitrogen and oxygen atoms in total. The second-order valence-corrected chi connectivity index (χ2v) is 5.61. The number of pyridine rings is 1. The maximum atomic E-state index is 5.67. The van der Waals surface area contributed by atoms with Gasteiger partial charge in [-0.15, -0.1) is 24.0 Å². The lowest BCUT2D eigenvalue weighted by molar-refractivity contribution is 0.115. The molecule has 22 heavy (non-hydrogen) atoms. The summed E-state index contributed by atoms with van der Waals surface area (Å²) in [5.41, 5.74) is 2.24. The van der Waals surface area contributed by atoms with Gasteiger partial charge in [-0.2, -0.15) is 0 Å². The van der Waals surface area contributed by atoms with Gasteiger partial charge in [-0.05, 0) is 37.3 Å². The summed E-state index contributed by atoms with van der Waals surface area (Å²) in [7, 11) is 3.83. The fourth-order valence-electron chi connectivity index (χ4n) is 2.09. The zero-order chi connectivity index (χ0) is 15.1. The van der Waals surface area contributed by atoms with Crippen molar-refractivity contribution in [1.29, 1.82) is 0 Å². The highest BCUT2D eigenvalue weighted by Gasteiger charge is 2.21. The molecular formula is C16H27IN4O. The number of ether oxygens (including phenoxy) is 1. The van der Waals surface area contributed by atoms with Gasteiger partial charge < -0.3 is 15.0 Å². The number of halogens is 1. The first-order valence-corrected chi connectivity index (χ1v) is 7.60. The Kier molecular flexibility index (Phi) is 8.70. The lowest BCUT2D eigenvalue weighted by Crippen LogP contribution is -2.40. The van der Waals surface area contributed by atoms with Crippen LogP contribution in [0.25, 0.3) is 0 Å². The zero-order valence-electron chi connectivity index (χ0n) is 13.7. The van der Waals surface area contributed by atoms with Gasteiger partial charge in [-0.25, -0.2) is 0 Å². The number of rotatable bonds is 7. The largest absolute Gasteiger partial charge is 0.379 e. The Morgan fingerprint density at radius 3 is 2.91 bits per heavy atom. The number of hydrogen-bond donors (Lipinski definition) is 1. The normalized spacial score (nSPS) is 14.4. The monoisotopic (exact) mass is 418 g/mol. The molecule has 0 saturated heterocycles. The van der Waals surface area contributed by atoms with E-state index in [0.717, 1.165) is 37.3 Å². The molecule has 1 heterocycles. The van der Waals surface area contributed by atoms with Crippen molar-refractivity contribution in [3.8, 4) is 0 Å². The van der Waals surface area contributed by atoms with Crippen molar-refractivity contribution in [2.24, 2.45) is 10.9 Å². The third-order valence-corrected chi connectivity index (χ3v) is 3.73. The van der Waals surface area contributed by atoms with Crippen molar-refractivity contribution in [3.05, 3.63) is 29.6 Å². The fourth-order valence-corrected chi connectivity index (χ4v) is 2.09. The van der Waals surface area contributed by atoms with Crippen LogP contribution in [0.3, 0.4) is 0 Å². The summed E-state index contributed by atoms with van der Waals surface area (Å²) >= 11 is 0. The summed E-state index contributed by atoms with van der Waals surface area (Å²) in [4.78, 5) is 10.8. The number of nitrogens with zero attached hydrogens (tertiary/aromatic N) is 3. The quantitative estimate of drug-likeness (QED) is 0.320. The van der Waals surface area contributed by atoms with Gasteiger partial charge in [0.25, 0.3) is 0 Å². The SMILES string of the molecule is CN=C(NCc1ncccc1C)N(C)CCOCC1CC1.I. The van der Waals surface area contributed by atoms with E-state index in [4.69, 9.17) is 4.74 Å². The minimum Gasteiger partial charge on any atom is -0.379 e. The molecule has 1 aliphatic rings. The second-order valence-electron chi connectivity index (χ2n) is 5.61. The van der Waals surface area contributed by atoms with Crippen molar-refractivity contribution in [2.45, 2.75) is 26.3 Å². The number of likely N-dealkylation sites (N-methyl/N-ethyl adjacent to an activating group) is 1. The van der Waals surface area contributed by atoms with Crippen molar-refractivity contribution >= 4 is 29.9 Å². The standard InChI is InChI=1S/C16H26N4O.HI/c1-13-5-4-8-18-15(13)11-19-16(17-2)20(3)9-10-21-12-14-6-7-14;/h4-5,8,14H,6-7,9-12H2,1-3H3,(H,17,19);1H. The highest BCUT2D eigenvalue weighted by atomic mass is 127. The van der Waals surface area contributed by atoms with Gasteiger partial charge in [0.15, 0.2) is 5.96 Å². The van der Waals surface area contributed by atoms with E-state index < -0.39 is 0 Å². The maximum Gasteiger partial charge on any atom is 0.193 e. The molecule has 0 atom stereocenters. The third kappa shape index (κ3) is 6.48. The van der Waals surface area contributed by atoms with Gasteiger partial charge in [0.2, 0.25) is 0 Å². The lowest BCUT2D eigenvalue weighted by atomic mass is 10.2. The molecule has 0 unspecified atom stereocenters. The molecular weight excluding hydrogens is 391 g/mol. The molecule has 1 N–H and O–H groups in total. The maximum absolute atomic E-state index is 5.67. The predicted molar refractivity (Wildman–Crippen MR) is 101 cm³/mol. The van der Waals surface area contributed by atoms with Crippen molar-refractivity contribution in [1.82, 2.24) is 15.2 Å². The highest BCUT2D eigenvalue weighted by molar-refractivity contribution is 14.0. The van der Waals surface area contributed by atoms with Gasteiger partial charge in [-0.3, -0.25) is 9.98 Å². The number of aliphatic imine (C=N–C) groups is 1. The Bertz CT molecular complexity index is 477. The molecule has 1 saturated carbocycles. The average molecular weight is 418 g/mol. The van der Waals surface area contributed by atoms with Gasteiger partial charge in [0.1, 0.15) is 0 Å². The molecule has 6 heteroatoms. The summed E-state index contributed by atoms with van der Waals surface area (Å²) in [6, 6.07) is 4.03. The molecule has 124 valence electrons. The van der Waals surface area contributed by atoms with Crippen LogP contribution in [0.2, 0.25) is 0 Å². The number of guanidine groups is 1.